The Labute approximate surface area is 118 Å². The zero-order valence-electron chi connectivity index (χ0n) is 12.2. The second-order valence-electron chi connectivity index (χ2n) is 6.05. The number of amides is 3. The summed E-state index contributed by atoms with van der Waals surface area (Å²) in [6.45, 7) is 6.85. The minimum Gasteiger partial charge on any atom is -0.481 e. The fraction of sp³-hybridized carbons (Fsp3) is 0.769. The van der Waals surface area contributed by atoms with Crippen molar-refractivity contribution < 1.29 is 19.5 Å². The molecule has 7 heteroatoms. The van der Waals surface area contributed by atoms with Gasteiger partial charge in [0.25, 0.3) is 0 Å². The number of carbonyl (C=O) groups is 3. The molecule has 0 radical (unpaired) electrons. The van der Waals surface area contributed by atoms with Crippen molar-refractivity contribution in [3.8, 4) is 0 Å². The standard InChI is InChI=1S/C13H23N3O4/c1-13(2,3)9(8-11(18)19)15-12(20)16-6-4-10(17)14-5-7-16/h9H,4-8H2,1-3H3,(H,14,17)(H,15,20)(H,18,19). The summed E-state index contributed by atoms with van der Waals surface area (Å²) in [7, 11) is 0. The first kappa shape index (κ1) is 16.3. The lowest BCUT2D eigenvalue weighted by Gasteiger charge is -2.32. The number of aliphatic carboxylic acids is 1. The molecule has 1 atom stereocenters. The van der Waals surface area contributed by atoms with Crippen LogP contribution in [0.15, 0.2) is 0 Å². The highest BCUT2D eigenvalue weighted by atomic mass is 16.4. The summed E-state index contributed by atoms with van der Waals surface area (Å²) in [5, 5.41) is 14.4. The summed E-state index contributed by atoms with van der Waals surface area (Å²) >= 11 is 0. The number of carboxylic acid groups (broad SMARTS) is 1. The second-order valence-corrected chi connectivity index (χ2v) is 6.05. The maximum Gasteiger partial charge on any atom is 0.317 e. The Morgan fingerprint density at radius 1 is 1.40 bits per heavy atom. The summed E-state index contributed by atoms with van der Waals surface area (Å²) in [6, 6.07) is -0.776. The van der Waals surface area contributed by atoms with Gasteiger partial charge in [-0.3, -0.25) is 9.59 Å². The van der Waals surface area contributed by atoms with Crippen molar-refractivity contribution in [3.05, 3.63) is 0 Å². The van der Waals surface area contributed by atoms with Gasteiger partial charge in [0, 0.05) is 32.1 Å². The molecule has 1 rings (SSSR count). The van der Waals surface area contributed by atoms with Gasteiger partial charge in [0.2, 0.25) is 5.91 Å². The van der Waals surface area contributed by atoms with Crippen LogP contribution in [-0.4, -0.2) is 53.6 Å². The van der Waals surface area contributed by atoms with E-state index in [1.807, 2.05) is 20.8 Å². The Hall–Kier alpha value is -1.79. The van der Waals surface area contributed by atoms with Crippen molar-refractivity contribution in [1.29, 1.82) is 0 Å². The lowest BCUT2D eigenvalue weighted by molar-refractivity contribution is -0.138. The number of nitrogens with one attached hydrogen (secondary N) is 2. The van der Waals surface area contributed by atoms with E-state index < -0.39 is 12.0 Å². The van der Waals surface area contributed by atoms with Crippen LogP contribution in [0.25, 0.3) is 0 Å². The third kappa shape index (κ3) is 5.07. The molecular formula is C13H23N3O4. The van der Waals surface area contributed by atoms with Crippen molar-refractivity contribution in [1.82, 2.24) is 15.5 Å². The van der Waals surface area contributed by atoms with Gasteiger partial charge in [-0.2, -0.15) is 0 Å². The molecule has 0 aliphatic carbocycles. The molecule has 1 fully saturated rings. The summed E-state index contributed by atoms with van der Waals surface area (Å²) < 4.78 is 0. The smallest absolute Gasteiger partial charge is 0.317 e. The summed E-state index contributed by atoms with van der Waals surface area (Å²) in [5.74, 6) is -1.02. The summed E-state index contributed by atoms with van der Waals surface area (Å²) in [5.41, 5.74) is -0.353. The average molecular weight is 285 g/mol. The van der Waals surface area contributed by atoms with E-state index in [9.17, 15) is 14.4 Å². The molecule has 7 nitrogen and oxygen atoms in total. The van der Waals surface area contributed by atoms with Gasteiger partial charge >= 0.3 is 12.0 Å². The largest absolute Gasteiger partial charge is 0.481 e. The van der Waals surface area contributed by atoms with E-state index in [0.29, 0.717) is 19.6 Å². The predicted molar refractivity (Wildman–Crippen MR) is 73.2 cm³/mol. The minimum atomic E-state index is -0.946. The quantitative estimate of drug-likeness (QED) is 0.699. The van der Waals surface area contributed by atoms with Crippen LogP contribution in [0.5, 0.6) is 0 Å². The minimum absolute atomic E-state index is 0.0711. The molecule has 1 unspecified atom stereocenters. The molecule has 20 heavy (non-hydrogen) atoms. The van der Waals surface area contributed by atoms with Crippen molar-refractivity contribution in [2.75, 3.05) is 19.6 Å². The van der Waals surface area contributed by atoms with Crippen LogP contribution < -0.4 is 10.6 Å². The number of rotatable bonds is 3. The molecule has 1 aliphatic heterocycles. The van der Waals surface area contributed by atoms with Crippen molar-refractivity contribution >= 4 is 17.9 Å². The molecule has 0 aromatic rings. The molecule has 1 saturated heterocycles. The highest BCUT2D eigenvalue weighted by Gasteiger charge is 2.30. The third-order valence-corrected chi connectivity index (χ3v) is 3.32. The molecular weight excluding hydrogens is 262 g/mol. The number of carbonyl (C=O) groups excluding carboxylic acids is 2. The van der Waals surface area contributed by atoms with E-state index in [1.54, 1.807) is 4.90 Å². The first-order valence-electron chi connectivity index (χ1n) is 6.74. The van der Waals surface area contributed by atoms with Crippen molar-refractivity contribution in [3.63, 3.8) is 0 Å². The van der Waals surface area contributed by atoms with Crippen molar-refractivity contribution in [2.24, 2.45) is 5.41 Å². The summed E-state index contributed by atoms with van der Waals surface area (Å²) in [6.07, 6.45) is 0.146. The highest BCUT2D eigenvalue weighted by Crippen LogP contribution is 2.22. The Kier molecular flexibility index (Phi) is 5.35. The second kappa shape index (κ2) is 6.58. The van der Waals surface area contributed by atoms with Crippen LogP contribution in [0.2, 0.25) is 0 Å². The van der Waals surface area contributed by atoms with Crippen LogP contribution >= 0.6 is 0 Å². The molecule has 0 aromatic heterocycles. The lowest BCUT2D eigenvalue weighted by Crippen LogP contribution is -2.51. The predicted octanol–water partition coefficient (Wildman–Crippen LogP) is 0.407. The fourth-order valence-electron chi connectivity index (χ4n) is 1.96. The number of urea groups is 1. The number of hydrogen-bond acceptors (Lipinski definition) is 3. The van der Waals surface area contributed by atoms with Gasteiger partial charge in [-0.1, -0.05) is 20.8 Å². The lowest BCUT2D eigenvalue weighted by atomic mass is 9.85. The van der Waals surface area contributed by atoms with E-state index in [1.165, 1.54) is 0 Å². The number of hydrogen-bond donors (Lipinski definition) is 3. The van der Waals surface area contributed by atoms with Crippen LogP contribution in [-0.2, 0) is 9.59 Å². The normalized spacial score (nSPS) is 17.9. The molecule has 3 amide bonds. The average Bonchev–Trinajstić information content (AvgIpc) is 2.51. The zero-order chi connectivity index (χ0) is 15.3. The third-order valence-electron chi connectivity index (χ3n) is 3.32. The van der Waals surface area contributed by atoms with E-state index in [4.69, 9.17) is 5.11 Å². The summed E-state index contributed by atoms with van der Waals surface area (Å²) in [4.78, 5) is 35.8. The SMILES string of the molecule is CC(C)(C)C(CC(=O)O)NC(=O)N1CCNC(=O)CC1. The molecule has 0 aromatic carbocycles. The maximum atomic E-state index is 12.2. The van der Waals surface area contributed by atoms with Gasteiger partial charge in [-0.05, 0) is 5.41 Å². The van der Waals surface area contributed by atoms with Crippen LogP contribution in [0, 0.1) is 5.41 Å². The Balaban J connectivity index is 2.65. The first-order valence-corrected chi connectivity index (χ1v) is 6.74. The van der Waals surface area contributed by atoms with Gasteiger partial charge in [0.15, 0.2) is 0 Å². The van der Waals surface area contributed by atoms with Gasteiger partial charge in [0.1, 0.15) is 0 Å². The Morgan fingerprint density at radius 3 is 2.60 bits per heavy atom. The van der Waals surface area contributed by atoms with Gasteiger partial charge in [0.05, 0.1) is 6.42 Å². The van der Waals surface area contributed by atoms with Gasteiger partial charge < -0.3 is 20.6 Å². The van der Waals surface area contributed by atoms with E-state index >= 15 is 0 Å². The molecule has 0 saturated carbocycles. The fourth-order valence-corrected chi connectivity index (χ4v) is 1.96. The van der Waals surface area contributed by atoms with Gasteiger partial charge in [-0.25, -0.2) is 4.79 Å². The van der Waals surface area contributed by atoms with Crippen molar-refractivity contribution in [2.45, 2.75) is 39.7 Å². The van der Waals surface area contributed by atoms with Crippen LogP contribution in [0.1, 0.15) is 33.6 Å². The molecule has 114 valence electrons. The first-order chi connectivity index (χ1) is 9.20. The zero-order valence-corrected chi connectivity index (χ0v) is 12.2. The Bertz CT molecular complexity index is 390. The van der Waals surface area contributed by atoms with Gasteiger partial charge in [-0.15, -0.1) is 0 Å². The van der Waals surface area contributed by atoms with E-state index in [-0.39, 0.29) is 30.2 Å². The maximum absolute atomic E-state index is 12.2. The molecule has 0 spiro atoms. The Morgan fingerprint density at radius 2 is 2.05 bits per heavy atom. The van der Waals surface area contributed by atoms with Crippen LogP contribution in [0.3, 0.4) is 0 Å². The molecule has 0 bridgehead atoms. The van der Waals surface area contributed by atoms with E-state index in [2.05, 4.69) is 10.6 Å². The van der Waals surface area contributed by atoms with Crippen LogP contribution in [0.4, 0.5) is 4.79 Å². The molecule has 1 heterocycles. The molecule has 1 aliphatic rings. The van der Waals surface area contributed by atoms with E-state index in [0.717, 1.165) is 0 Å². The number of nitrogens with zero attached hydrogens (tertiary/aromatic N) is 1. The number of carboxylic acids is 1. The highest BCUT2D eigenvalue weighted by molar-refractivity contribution is 5.79. The topological polar surface area (TPSA) is 98.7 Å². The monoisotopic (exact) mass is 285 g/mol. The molecule has 3 N–H and O–H groups in total.